The quantitative estimate of drug-likeness (QED) is 0.835. The van der Waals surface area contributed by atoms with Crippen LogP contribution < -0.4 is 10.6 Å². The number of carbonyl (C=O) groups excluding carboxylic acids is 1. The molecular weight excluding hydrogens is 272 g/mol. The summed E-state index contributed by atoms with van der Waals surface area (Å²) in [5.74, 6) is 4.97. The highest BCUT2D eigenvalue weighted by Crippen LogP contribution is 2.69. The molecule has 3 nitrogen and oxygen atoms in total. The highest BCUT2D eigenvalue weighted by atomic mass is 35.5. The number of halogens is 1. The van der Waals surface area contributed by atoms with Crippen LogP contribution in [0.15, 0.2) is 0 Å². The summed E-state index contributed by atoms with van der Waals surface area (Å²) in [7, 11) is 0. The van der Waals surface area contributed by atoms with Crippen molar-refractivity contribution >= 4 is 18.3 Å². The van der Waals surface area contributed by atoms with Gasteiger partial charge in [0.25, 0.3) is 0 Å². The second-order valence-electron chi connectivity index (χ2n) is 7.31. The first-order valence-corrected chi connectivity index (χ1v) is 8.33. The van der Waals surface area contributed by atoms with Gasteiger partial charge in [0, 0.05) is 12.5 Å². The molecule has 1 heterocycles. The van der Waals surface area contributed by atoms with Crippen molar-refractivity contribution in [3.05, 3.63) is 0 Å². The number of hydrogen-bond acceptors (Lipinski definition) is 2. The van der Waals surface area contributed by atoms with Crippen LogP contribution in [0.3, 0.4) is 0 Å². The summed E-state index contributed by atoms with van der Waals surface area (Å²) < 4.78 is 0. The van der Waals surface area contributed by atoms with E-state index >= 15 is 0 Å². The zero-order valence-corrected chi connectivity index (χ0v) is 13.0. The Kier molecular flexibility index (Phi) is 4.28. The lowest BCUT2D eigenvalue weighted by molar-refractivity contribution is -0.123. The molecule has 0 radical (unpaired) electrons. The third-order valence-electron chi connectivity index (χ3n) is 6.29. The van der Waals surface area contributed by atoms with Gasteiger partial charge in [-0.2, -0.15) is 0 Å². The summed E-state index contributed by atoms with van der Waals surface area (Å²) in [6.07, 6.45) is 8.05. The molecule has 0 aromatic rings. The first-order valence-electron chi connectivity index (χ1n) is 8.33. The molecule has 1 saturated heterocycles. The summed E-state index contributed by atoms with van der Waals surface area (Å²) >= 11 is 0. The van der Waals surface area contributed by atoms with Gasteiger partial charge in [-0.25, -0.2) is 0 Å². The molecule has 4 rings (SSSR count). The van der Waals surface area contributed by atoms with E-state index in [0.29, 0.717) is 11.8 Å². The molecular formula is C16H27ClN2O. The highest BCUT2D eigenvalue weighted by molar-refractivity contribution is 5.85. The lowest BCUT2D eigenvalue weighted by Gasteiger charge is -2.22. The predicted molar refractivity (Wildman–Crippen MR) is 81.8 cm³/mol. The first-order chi connectivity index (χ1) is 9.34. The average molecular weight is 299 g/mol. The lowest BCUT2D eigenvalue weighted by atomic mass is 9.96. The van der Waals surface area contributed by atoms with E-state index in [1.54, 1.807) is 0 Å². The van der Waals surface area contributed by atoms with E-state index in [2.05, 4.69) is 10.6 Å². The summed E-state index contributed by atoms with van der Waals surface area (Å²) in [6, 6.07) is 0. The molecule has 1 amide bonds. The fraction of sp³-hybridized carbons (Fsp3) is 0.938. The van der Waals surface area contributed by atoms with Crippen LogP contribution in [0.5, 0.6) is 0 Å². The fourth-order valence-corrected chi connectivity index (χ4v) is 5.36. The molecule has 0 spiro atoms. The van der Waals surface area contributed by atoms with Gasteiger partial charge in [0.2, 0.25) is 5.91 Å². The van der Waals surface area contributed by atoms with Gasteiger partial charge >= 0.3 is 0 Å². The van der Waals surface area contributed by atoms with E-state index in [9.17, 15) is 4.79 Å². The Balaban J connectivity index is 0.00000121. The van der Waals surface area contributed by atoms with Crippen LogP contribution in [0.1, 0.15) is 38.5 Å². The van der Waals surface area contributed by atoms with Gasteiger partial charge in [-0.1, -0.05) is 0 Å². The van der Waals surface area contributed by atoms with E-state index in [0.717, 1.165) is 49.1 Å². The molecule has 4 fully saturated rings. The molecule has 5 atom stereocenters. The largest absolute Gasteiger partial charge is 0.356 e. The normalized spacial score (nSPS) is 44.6. The summed E-state index contributed by atoms with van der Waals surface area (Å²) in [5, 5.41) is 6.67. The Hall–Kier alpha value is -0.280. The molecule has 3 aliphatic carbocycles. The Morgan fingerprint density at radius 3 is 2.55 bits per heavy atom. The average Bonchev–Trinajstić information content (AvgIpc) is 2.89. The lowest BCUT2D eigenvalue weighted by Crippen LogP contribution is -2.34. The Morgan fingerprint density at radius 2 is 1.90 bits per heavy atom. The molecule has 4 heteroatoms. The van der Waals surface area contributed by atoms with Crippen molar-refractivity contribution in [2.24, 2.45) is 35.5 Å². The molecule has 114 valence electrons. The van der Waals surface area contributed by atoms with Gasteiger partial charge in [-0.15, -0.1) is 12.4 Å². The second-order valence-corrected chi connectivity index (χ2v) is 7.31. The second kappa shape index (κ2) is 5.84. The van der Waals surface area contributed by atoms with E-state index in [1.165, 1.54) is 38.6 Å². The fourth-order valence-electron chi connectivity index (χ4n) is 5.36. The van der Waals surface area contributed by atoms with Gasteiger partial charge in [-0.05, 0) is 81.2 Å². The SMILES string of the molecule is Cl.O=C(NCCC1CCCNC1)C1C2C3CCC(C3)C12. The molecule has 0 aromatic carbocycles. The minimum absolute atomic E-state index is 0. The number of amides is 1. The maximum atomic E-state index is 12.3. The molecule has 20 heavy (non-hydrogen) atoms. The van der Waals surface area contributed by atoms with Crippen LogP contribution in [0.4, 0.5) is 0 Å². The van der Waals surface area contributed by atoms with Crippen molar-refractivity contribution in [1.29, 1.82) is 0 Å². The van der Waals surface area contributed by atoms with Crippen molar-refractivity contribution in [2.45, 2.75) is 38.5 Å². The van der Waals surface area contributed by atoms with Gasteiger partial charge < -0.3 is 10.6 Å². The van der Waals surface area contributed by atoms with Crippen LogP contribution in [-0.2, 0) is 4.79 Å². The van der Waals surface area contributed by atoms with Crippen molar-refractivity contribution in [3.63, 3.8) is 0 Å². The third-order valence-corrected chi connectivity index (χ3v) is 6.29. The third kappa shape index (κ3) is 2.48. The minimum Gasteiger partial charge on any atom is -0.356 e. The maximum Gasteiger partial charge on any atom is 0.223 e. The molecule has 2 bridgehead atoms. The number of piperidine rings is 1. The van der Waals surface area contributed by atoms with Gasteiger partial charge in [0.1, 0.15) is 0 Å². The van der Waals surface area contributed by atoms with Crippen molar-refractivity contribution in [2.75, 3.05) is 19.6 Å². The first kappa shape index (κ1) is 14.6. The predicted octanol–water partition coefficient (Wildman–Crippen LogP) is 2.21. The Morgan fingerprint density at radius 1 is 1.15 bits per heavy atom. The van der Waals surface area contributed by atoms with Crippen molar-refractivity contribution < 1.29 is 4.79 Å². The summed E-state index contributed by atoms with van der Waals surface area (Å²) in [5.41, 5.74) is 0. The van der Waals surface area contributed by atoms with E-state index in [1.807, 2.05) is 0 Å². The molecule has 5 unspecified atom stereocenters. The van der Waals surface area contributed by atoms with E-state index < -0.39 is 0 Å². The van der Waals surface area contributed by atoms with Crippen LogP contribution in [-0.4, -0.2) is 25.5 Å². The topological polar surface area (TPSA) is 41.1 Å². The van der Waals surface area contributed by atoms with E-state index in [4.69, 9.17) is 0 Å². The smallest absolute Gasteiger partial charge is 0.223 e. The summed E-state index contributed by atoms with van der Waals surface area (Å²) in [6.45, 7) is 3.22. The minimum atomic E-state index is 0. The molecule has 0 aromatic heterocycles. The number of fused-ring (bicyclic) bond motifs is 5. The molecule has 2 N–H and O–H groups in total. The number of rotatable bonds is 4. The molecule has 1 aliphatic heterocycles. The van der Waals surface area contributed by atoms with E-state index in [-0.39, 0.29) is 12.4 Å². The van der Waals surface area contributed by atoms with Gasteiger partial charge in [-0.3, -0.25) is 4.79 Å². The standard InChI is InChI=1S/C16H26N2O.ClH/c19-16(18-7-5-10-2-1-6-17-9-10)15-13-11-3-4-12(8-11)14(13)15;/h10-15,17H,1-9H2,(H,18,19);1H. The zero-order valence-electron chi connectivity index (χ0n) is 12.1. The van der Waals surface area contributed by atoms with Crippen LogP contribution in [0.2, 0.25) is 0 Å². The van der Waals surface area contributed by atoms with Crippen LogP contribution >= 0.6 is 12.4 Å². The Bertz CT molecular complexity index is 353. The number of nitrogens with one attached hydrogen (secondary N) is 2. The van der Waals surface area contributed by atoms with Gasteiger partial charge in [0.15, 0.2) is 0 Å². The number of carbonyl (C=O) groups is 1. The van der Waals surface area contributed by atoms with Gasteiger partial charge in [0.05, 0.1) is 0 Å². The van der Waals surface area contributed by atoms with Crippen LogP contribution in [0, 0.1) is 35.5 Å². The molecule has 3 saturated carbocycles. The number of hydrogen-bond donors (Lipinski definition) is 2. The zero-order chi connectivity index (χ0) is 12.8. The van der Waals surface area contributed by atoms with Crippen molar-refractivity contribution in [1.82, 2.24) is 10.6 Å². The molecule has 4 aliphatic rings. The monoisotopic (exact) mass is 298 g/mol. The maximum absolute atomic E-state index is 12.3. The summed E-state index contributed by atoms with van der Waals surface area (Å²) in [4.78, 5) is 12.3. The van der Waals surface area contributed by atoms with Crippen LogP contribution in [0.25, 0.3) is 0 Å². The Labute approximate surface area is 128 Å². The van der Waals surface area contributed by atoms with Crippen molar-refractivity contribution in [3.8, 4) is 0 Å². The highest BCUT2D eigenvalue weighted by Gasteiger charge is 2.67.